The number of carbonyl (C=O) groups excluding carboxylic acids is 1. The molecular formula is C22H20BrN3O4. The van der Waals surface area contributed by atoms with Gasteiger partial charge in [-0.25, -0.2) is 4.98 Å². The Morgan fingerprint density at radius 2 is 1.97 bits per heavy atom. The van der Waals surface area contributed by atoms with Crippen LogP contribution in [0.3, 0.4) is 0 Å². The Morgan fingerprint density at radius 1 is 1.13 bits per heavy atom. The van der Waals surface area contributed by atoms with Gasteiger partial charge in [0, 0.05) is 11.0 Å². The number of carbonyl (C=O) groups is 1. The molecule has 0 bridgehead atoms. The van der Waals surface area contributed by atoms with Gasteiger partial charge in [0.25, 0.3) is 5.56 Å². The molecule has 30 heavy (non-hydrogen) atoms. The Labute approximate surface area is 181 Å². The number of benzene rings is 2. The van der Waals surface area contributed by atoms with Gasteiger partial charge in [0.1, 0.15) is 19.8 Å². The number of halogens is 1. The predicted octanol–water partition coefficient (Wildman–Crippen LogP) is 3.29. The van der Waals surface area contributed by atoms with Gasteiger partial charge >= 0.3 is 0 Å². The second kappa shape index (κ2) is 7.75. The lowest BCUT2D eigenvalue weighted by Gasteiger charge is -2.27. The first-order valence-corrected chi connectivity index (χ1v) is 10.7. The molecule has 0 N–H and O–H groups in total. The molecule has 2 aliphatic rings. The van der Waals surface area contributed by atoms with E-state index >= 15 is 0 Å². The highest BCUT2D eigenvalue weighted by Gasteiger charge is 2.31. The number of nitrogens with zero attached hydrogens (tertiary/aromatic N) is 3. The van der Waals surface area contributed by atoms with Crippen LogP contribution in [0.5, 0.6) is 11.5 Å². The molecule has 2 aliphatic heterocycles. The van der Waals surface area contributed by atoms with E-state index in [1.165, 1.54) is 10.9 Å². The summed E-state index contributed by atoms with van der Waals surface area (Å²) < 4.78 is 13.5. The Kier molecular flexibility index (Phi) is 4.94. The maximum Gasteiger partial charge on any atom is 0.261 e. The van der Waals surface area contributed by atoms with Crippen LogP contribution in [-0.4, -0.2) is 40.1 Å². The maximum absolute atomic E-state index is 13.1. The van der Waals surface area contributed by atoms with Crippen LogP contribution in [0.4, 0.5) is 0 Å². The van der Waals surface area contributed by atoms with E-state index in [9.17, 15) is 9.59 Å². The molecule has 3 aromatic rings. The number of aromatic nitrogens is 2. The van der Waals surface area contributed by atoms with Crippen LogP contribution in [-0.2, 0) is 11.3 Å². The summed E-state index contributed by atoms with van der Waals surface area (Å²) in [6.45, 7) is 1.71. The zero-order chi connectivity index (χ0) is 20.7. The number of fused-ring (bicyclic) bond motifs is 2. The highest BCUT2D eigenvalue weighted by Crippen LogP contribution is 2.38. The maximum atomic E-state index is 13.1. The van der Waals surface area contributed by atoms with Crippen LogP contribution in [0, 0.1) is 0 Å². The topological polar surface area (TPSA) is 73.7 Å². The summed E-state index contributed by atoms with van der Waals surface area (Å²) in [4.78, 5) is 32.1. The van der Waals surface area contributed by atoms with Crippen molar-refractivity contribution in [1.82, 2.24) is 14.5 Å². The lowest BCUT2D eigenvalue weighted by molar-refractivity contribution is -0.132. The summed E-state index contributed by atoms with van der Waals surface area (Å²) in [5, 5.41) is 0.490. The molecular weight excluding hydrogens is 450 g/mol. The van der Waals surface area contributed by atoms with E-state index in [1.807, 2.05) is 29.2 Å². The molecule has 1 amide bonds. The minimum Gasteiger partial charge on any atom is -0.486 e. The average molecular weight is 470 g/mol. The van der Waals surface area contributed by atoms with Gasteiger partial charge in [-0.3, -0.25) is 14.2 Å². The smallest absolute Gasteiger partial charge is 0.261 e. The summed E-state index contributed by atoms with van der Waals surface area (Å²) in [6.07, 6.45) is 3.25. The first-order chi connectivity index (χ1) is 14.6. The van der Waals surface area contributed by atoms with E-state index in [2.05, 4.69) is 20.9 Å². The molecule has 0 unspecified atom stereocenters. The van der Waals surface area contributed by atoms with Crippen molar-refractivity contribution in [2.75, 3.05) is 19.8 Å². The fourth-order valence-corrected chi connectivity index (χ4v) is 4.52. The average Bonchev–Trinajstić information content (AvgIpc) is 3.26. The SMILES string of the molecule is O=C(Cn1cnc2ccc(Br)cc2c1=O)N1CCC[C@@H]1c1ccc2c(c1)OCCO2. The second-order valence-corrected chi connectivity index (χ2v) is 8.40. The lowest BCUT2D eigenvalue weighted by Crippen LogP contribution is -2.36. The van der Waals surface area contributed by atoms with Crippen molar-refractivity contribution >= 4 is 32.7 Å². The molecule has 0 radical (unpaired) electrons. The van der Waals surface area contributed by atoms with Crippen LogP contribution in [0.2, 0.25) is 0 Å². The summed E-state index contributed by atoms with van der Waals surface area (Å²) >= 11 is 3.39. The van der Waals surface area contributed by atoms with Crippen molar-refractivity contribution in [2.45, 2.75) is 25.4 Å². The number of hydrogen-bond donors (Lipinski definition) is 0. The van der Waals surface area contributed by atoms with Crippen LogP contribution in [0.1, 0.15) is 24.4 Å². The third kappa shape index (κ3) is 3.45. The van der Waals surface area contributed by atoms with Gasteiger partial charge in [0.2, 0.25) is 5.91 Å². The summed E-state index contributed by atoms with van der Waals surface area (Å²) in [6, 6.07) is 11.2. The van der Waals surface area contributed by atoms with Gasteiger partial charge in [0.15, 0.2) is 11.5 Å². The van der Waals surface area contributed by atoms with Crippen LogP contribution < -0.4 is 15.0 Å². The molecule has 8 heteroatoms. The van der Waals surface area contributed by atoms with E-state index in [0.717, 1.165) is 34.4 Å². The normalized spacial score (nSPS) is 18.0. The van der Waals surface area contributed by atoms with Crippen molar-refractivity contribution < 1.29 is 14.3 Å². The minimum absolute atomic E-state index is 0.0324. The minimum atomic E-state index is -0.218. The van der Waals surface area contributed by atoms with Crippen molar-refractivity contribution in [3.63, 3.8) is 0 Å². The molecule has 1 atom stereocenters. The molecule has 154 valence electrons. The Balaban J connectivity index is 1.40. The largest absolute Gasteiger partial charge is 0.486 e. The molecule has 5 rings (SSSR count). The van der Waals surface area contributed by atoms with Crippen LogP contribution in [0.15, 0.2) is 52.0 Å². The number of likely N-dealkylation sites (tertiary alicyclic amines) is 1. The number of ether oxygens (including phenoxy) is 2. The van der Waals surface area contributed by atoms with Gasteiger partial charge in [-0.1, -0.05) is 22.0 Å². The quantitative estimate of drug-likeness (QED) is 0.588. The Bertz CT molecular complexity index is 1190. The van der Waals surface area contributed by atoms with Crippen molar-refractivity contribution in [1.29, 1.82) is 0 Å². The molecule has 3 heterocycles. The Hall–Kier alpha value is -2.87. The summed E-state index contributed by atoms with van der Waals surface area (Å²) in [5.74, 6) is 1.37. The second-order valence-electron chi connectivity index (χ2n) is 7.49. The predicted molar refractivity (Wildman–Crippen MR) is 115 cm³/mol. The fourth-order valence-electron chi connectivity index (χ4n) is 4.16. The van der Waals surface area contributed by atoms with Gasteiger partial charge in [-0.15, -0.1) is 0 Å². The van der Waals surface area contributed by atoms with E-state index < -0.39 is 0 Å². The summed E-state index contributed by atoms with van der Waals surface area (Å²) in [5.41, 5.74) is 1.42. The van der Waals surface area contributed by atoms with Crippen molar-refractivity contribution in [3.05, 3.63) is 63.1 Å². The van der Waals surface area contributed by atoms with Crippen LogP contribution in [0.25, 0.3) is 10.9 Å². The monoisotopic (exact) mass is 469 g/mol. The zero-order valence-electron chi connectivity index (χ0n) is 16.2. The molecule has 2 aromatic carbocycles. The van der Waals surface area contributed by atoms with Crippen molar-refractivity contribution in [2.24, 2.45) is 0 Å². The van der Waals surface area contributed by atoms with Gasteiger partial charge in [-0.05, 0) is 48.7 Å². The van der Waals surface area contributed by atoms with E-state index in [-0.39, 0.29) is 24.1 Å². The zero-order valence-corrected chi connectivity index (χ0v) is 17.8. The third-order valence-electron chi connectivity index (χ3n) is 5.62. The molecule has 0 aliphatic carbocycles. The van der Waals surface area contributed by atoms with Gasteiger partial charge in [0.05, 0.1) is 23.3 Å². The molecule has 7 nitrogen and oxygen atoms in total. The molecule has 1 saturated heterocycles. The fraction of sp³-hybridized carbons (Fsp3) is 0.318. The van der Waals surface area contributed by atoms with Crippen molar-refractivity contribution in [3.8, 4) is 11.5 Å². The standard InChI is InChI=1S/C22H20BrN3O4/c23-15-4-5-17-16(11-15)22(28)25(13-24-17)12-21(27)26-7-1-2-18(26)14-3-6-19-20(10-14)30-9-8-29-19/h3-6,10-11,13,18H,1-2,7-9,12H2/t18-/m1/s1. The molecule has 1 aromatic heterocycles. The van der Waals surface area contributed by atoms with E-state index in [4.69, 9.17) is 9.47 Å². The van der Waals surface area contributed by atoms with E-state index in [0.29, 0.717) is 30.7 Å². The Morgan fingerprint density at radius 3 is 2.83 bits per heavy atom. The highest BCUT2D eigenvalue weighted by molar-refractivity contribution is 9.10. The lowest BCUT2D eigenvalue weighted by atomic mass is 10.0. The number of hydrogen-bond acceptors (Lipinski definition) is 5. The van der Waals surface area contributed by atoms with E-state index in [1.54, 1.807) is 12.1 Å². The first-order valence-electron chi connectivity index (χ1n) is 9.94. The molecule has 0 spiro atoms. The summed E-state index contributed by atoms with van der Waals surface area (Å²) in [7, 11) is 0. The van der Waals surface area contributed by atoms with Gasteiger partial charge in [-0.2, -0.15) is 0 Å². The van der Waals surface area contributed by atoms with Crippen LogP contribution >= 0.6 is 15.9 Å². The molecule has 1 fully saturated rings. The first kappa shape index (κ1) is 19.1. The molecule has 0 saturated carbocycles. The highest BCUT2D eigenvalue weighted by atomic mass is 79.9. The number of amides is 1. The third-order valence-corrected chi connectivity index (χ3v) is 6.11. The number of rotatable bonds is 3. The van der Waals surface area contributed by atoms with Gasteiger partial charge < -0.3 is 14.4 Å².